The number of fused-ring (bicyclic) bond motifs is 1. The van der Waals surface area contributed by atoms with Gasteiger partial charge in [0.05, 0.1) is 0 Å². The highest BCUT2D eigenvalue weighted by molar-refractivity contribution is 5.79. The first-order valence-electron chi connectivity index (χ1n) is 8.25. The molecule has 0 saturated heterocycles. The molecule has 0 bridgehead atoms. The zero-order valence-electron chi connectivity index (χ0n) is 12.2. The lowest BCUT2D eigenvalue weighted by Crippen LogP contribution is -2.49. The van der Waals surface area contributed by atoms with Crippen molar-refractivity contribution in [2.75, 3.05) is 13.1 Å². The van der Waals surface area contributed by atoms with Gasteiger partial charge < -0.3 is 10.6 Å². The van der Waals surface area contributed by atoms with Gasteiger partial charge in [0.1, 0.15) is 0 Å². The summed E-state index contributed by atoms with van der Waals surface area (Å²) in [5, 5.41) is 0. The Balaban J connectivity index is 1.66. The Morgan fingerprint density at radius 2 is 1.84 bits per heavy atom. The van der Waals surface area contributed by atoms with Gasteiger partial charge in [-0.15, -0.1) is 0 Å². The smallest absolute Gasteiger partial charge is 0.225 e. The van der Waals surface area contributed by atoms with Crippen molar-refractivity contribution in [3.8, 4) is 0 Å². The lowest BCUT2D eigenvalue weighted by atomic mass is 9.83. The molecule has 0 heterocycles. The summed E-state index contributed by atoms with van der Waals surface area (Å²) < 4.78 is 0. The molecule has 0 radical (unpaired) electrons. The Hall–Kier alpha value is -0.570. The van der Waals surface area contributed by atoms with E-state index in [9.17, 15) is 4.79 Å². The maximum atomic E-state index is 12.8. The minimum Gasteiger partial charge on any atom is -0.339 e. The Bertz CT molecular complexity index is 334. The van der Waals surface area contributed by atoms with E-state index in [2.05, 4.69) is 11.8 Å². The summed E-state index contributed by atoms with van der Waals surface area (Å²) in [5.41, 5.74) is 5.93. The van der Waals surface area contributed by atoms with Crippen LogP contribution in [0, 0.1) is 23.7 Å². The second kappa shape index (κ2) is 5.43. The second-order valence-corrected chi connectivity index (χ2v) is 6.90. The van der Waals surface area contributed by atoms with Crippen LogP contribution >= 0.6 is 0 Å². The van der Waals surface area contributed by atoms with E-state index in [0.29, 0.717) is 23.8 Å². The van der Waals surface area contributed by atoms with Crippen molar-refractivity contribution in [2.45, 2.75) is 57.9 Å². The van der Waals surface area contributed by atoms with E-state index in [1.807, 2.05) is 0 Å². The number of rotatable bonds is 4. The van der Waals surface area contributed by atoms with Gasteiger partial charge in [0.15, 0.2) is 0 Å². The standard InChI is InChI=1S/C16H28N2O/c1-2-18(15-6-4-3-5-11(15)10-17)16(19)14-8-12-7-13(12)9-14/h11-15H,2-10,17H2,1H3. The zero-order chi connectivity index (χ0) is 13.4. The largest absolute Gasteiger partial charge is 0.339 e. The summed E-state index contributed by atoms with van der Waals surface area (Å²) in [6, 6.07) is 0.424. The van der Waals surface area contributed by atoms with Crippen LogP contribution in [0.2, 0.25) is 0 Å². The topological polar surface area (TPSA) is 46.3 Å². The quantitative estimate of drug-likeness (QED) is 0.847. The van der Waals surface area contributed by atoms with Crippen LogP contribution in [0.3, 0.4) is 0 Å². The molecule has 3 fully saturated rings. The van der Waals surface area contributed by atoms with E-state index in [-0.39, 0.29) is 0 Å². The third-order valence-electron chi connectivity index (χ3n) is 5.79. The Labute approximate surface area is 116 Å². The van der Waals surface area contributed by atoms with E-state index >= 15 is 0 Å². The number of amides is 1. The first-order chi connectivity index (χ1) is 9.24. The van der Waals surface area contributed by atoms with Crippen LogP contribution in [0.4, 0.5) is 0 Å². The van der Waals surface area contributed by atoms with Crippen LogP contribution in [0.5, 0.6) is 0 Å². The number of nitrogens with two attached hydrogens (primary N) is 1. The van der Waals surface area contributed by atoms with E-state index in [0.717, 1.165) is 24.9 Å². The van der Waals surface area contributed by atoms with Crippen LogP contribution in [-0.4, -0.2) is 29.9 Å². The van der Waals surface area contributed by atoms with Crippen molar-refractivity contribution < 1.29 is 4.79 Å². The molecule has 3 aliphatic carbocycles. The summed E-state index contributed by atoms with van der Waals surface area (Å²) in [4.78, 5) is 15.0. The molecule has 0 aromatic rings. The first kappa shape index (κ1) is 13.4. The van der Waals surface area contributed by atoms with Crippen molar-refractivity contribution in [3.63, 3.8) is 0 Å². The normalized spacial score (nSPS) is 40.8. The van der Waals surface area contributed by atoms with Crippen molar-refractivity contribution in [2.24, 2.45) is 29.4 Å². The fraction of sp³-hybridized carbons (Fsp3) is 0.938. The van der Waals surface area contributed by atoms with Crippen LogP contribution in [0.1, 0.15) is 51.9 Å². The fourth-order valence-electron chi connectivity index (χ4n) is 4.58. The van der Waals surface area contributed by atoms with Gasteiger partial charge in [0, 0.05) is 18.5 Å². The highest BCUT2D eigenvalue weighted by Gasteiger charge is 2.49. The third kappa shape index (κ3) is 2.54. The lowest BCUT2D eigenvalue weighted by molar-refractivity contribution is -0.139. The molecule has 1 amide bonds. The molecular weight excluding hydrogens is 236 g/mol. The van der Waals surface area contributed by atoms with Crippen LogP contribution in [0.25, 0.3) is 0 Å². The Morgan fingerprint density at radius 1 is 1.16 bits per heavy atom. The highest BCUT2D eigenvalue weighted by Crippen LogP contribution is 2.54. The summed E-state index contributed by atoms with van der Waals surface area (Å²) in [6.45, 7) is 3.74. The molecule has 2 N–H and O–H groups in total. The van der Waals surface area contributed by atoms with Crippen LogP contribution in [-0.2, 0) is 4.79 Å². The SMILES string of the molecule is CCN(C(=O)C1CC2CC2C1)C1CCCCC1CN. The van der Waals surface area contributed by atoms with Gasteiger partial charge in [0.2, 0.25) is 5.91 Å². The summed E-state index contributed by atoms with van der Waals surface area (Å²) in [7, 11) is 0. The molecule has 3 heteroatoms. The predicted octanol–water partition coefficient (Wildman–Crippen LogP) is 2.40. The van der Waals surface area contributed by atoms with Gasteiger partial charge in [-0.1, -0.05) is 12.8 Å². The van der Waals surface area contributed by atoms with Gasteiger partial charge in [-0.3, -0.25) is 4.79 Å². The summed E-state index contributed by atoms with van der Waals surface area (Å²) in [5.74, 6) is 3.10. The molecule has 3 nitrogen and oxygen atoms in total. The molecule has 0 spiro atoms. The van der Waals surface area contributed by atoms with Crippen molar-refractivity contribution in [3.05, 3.63) is 0 Å². The zero-order valence-corrected chi connectivity index (χ0v) is 12.2. The van der Waals surface area contributed by atoms with E-state index < -0.39 is 0 Å². The number of carbonyl (C=O) groups is 1. The number of nitrogens with zero attached hydrogens (tertiary/aromatic N) is 1. The van der Waals surface area contributed by atoms with Gasteiger partial charge in [0.25, 0.3) is 0 Å². The molecule has 19 heavy (non-hydrogen) atoms. The van der Waals surface area contributed by atoms with Crippen molar-refractivity contribution in [1.29, 1.82) is 0 Å². The minimum atomic E-state index is 0.337. The van der Waals surface area contributed by atoms with Crippen molar-refractivity contribution >= 4 is 5.91 Å². The molecular formula is C16H28N2O. The monoisotopic (exact) mass is 264 g/mol. The van der Waals surface area contributed by atoms with Gasteiger partial charge >= 0.3 is 0 Å². The lowest BCUT2D eigenvalue weighted by Gasteiger charge is -2.40. The van der Waals surface area contributed by atoms with Gasteiger partial charge in [-0.2, -0.15) is 0 Å². The number of carbonyl (C=O) groups excluding carboxylic acids is 1. The molecule has 4 unspecified atom stereocenters. The van der Waals surface area contributed by atoms with Crippen LogP contribution in [0.15, 0.2) is 0 Å². The second-order valence-electron chi connectivity index (χ2n) is 6.90. The molecule has 0 aromatic carbocycles. The van der Waals surface area contributed by atoms with Crippen molar-refractivity contribution in [1.82, 2.24) is 4.90 Å². The molecule has 4 atom stereocenters. The molecule has 108 valence electrons. The Kier molecular flexibility index (Phi) is 3.84. The molecule has 3 aliphatic rings. The maximum absolute atomic E-state index is 12.8. The molecule has 3 saturated carbocycles. The molecule has 0 aliphatic heterocycles. The maximum Gasteiger partial charge on any atom is 0.225 e. The first-order valence-corrected chi connectivity index (χ1v) is 8.25. The van der Waals surface area contributed by atoms with E-state index in [4.69, 9.17) is 5.73 Å². The van der Waals surface area contributed by atoms with E-state index in [1.165, 1.54) is 44.9 Å². The molecule has 3 rings (SSSR count). The Morgan fingerprint density at radius 3 is 2.47 bits per heavy atom. The average Bonchev–Trinajstić information content (AvgIpc) is 3.06. The predicted molar refractivity (Wildman–Crippen MR) is 76.5 cm³/mol. The highest BCUT2D eigenvalue weighted by atomic mass is 16.2. The number of hydrogen-bond acceptors (Lipinski definition) is 2. The fourth-order valence-corrected chi connectivity index (χ4v) is 4.58. The van der Waals surface area contributed by atoms with Gasteiger partial charge in [-0.05, 0) is 63.3 Å². The summed E-state index contributed by atoms with van der Waals surface area (Å²) in [6.07, 6.45) is 8.66. The average molecular weight is 264 g/mol. The molecule has 0 aromatic heterocycles. The summed E-state index contributed by atoms with van der Waals surface area (Å²) >= 11 is 0. The van der Waals surface area contributed by atoms with E-state index in [1.54, 1.807) is 0 Å². The third-order valence-corrected chi connectivity index (χ3v) is 5.79. The van der Waals surface area contributed by atoms with Gasteiger partial charge in [-0.25, -0.2) is 0 Å². The minimum absolute atomic E-state index is 0.337. The number of hydrogen-bond donors (Lipinski definition) is 1. The van der Waals surface area contributed by atoms with Crippen LogP contribution < -0.4 is 5.73 Å².